The number of aromatic nitrogens is 5. The molecule has 3 aromatic rings. The third-order valence-electron chi connectivity index (χ3n) is 4.33. The number of carbonyl (C=O) groups is 2. The summed E-state index contributed by atoms with van der Waals surface area (Å²) < 4.78 is 39.6. The van der Waals surface area contributed by atoms with Gasteiger partial charge in [-0.2, -0.15) is 18.2 Å². The van der Waals surface area contributed by atoms with Gasteiger partial charge in [0, 0.05) is 29.6 Å². The minimum atomic E-state index is -4.67. The summed E-state index contributed by atoms with van der Waals surface area (Å²) in [6.45, 7) is 3.25. The number of hydrogen-bond donors (Lipinski definition) is 2. The molecule has 0 spiro atoms. The van der Waals surface area contributed by atoms with Crippen LogP contribution in [0.5, 0.6) is 0 Å². The Morgan fingerprint density at radius 2 is 1.90 bits per heavy atom. The zero-order valence-electron chi connectivity index (χ0n) is 16.1. The van der Waals surface area contributed by atoms with E-state index in [2.05, 4.69) is 25.4 Å². The minimum Gasteiger partial charge on any atom is -0.370 e. The molecule has 0 aromatic carbocycles. The number of nitrogens with zero attached hydrogens (tertiary/aromatic N) is 5. The van der Waals surface area contributed by atoms with Crippen LogP contribution in [0.4, 0.5) is 18.3 Å². The van der Waals surface area contributed by atoms with E-state index in [1.165, 1.54) is 11.3 Å². The monoisotopic (exact) mass is 441 g/mol. The average molecular weight is 441 g/mol. The first-order valence-electron chi connectivity index (χ1n) is 8.87. The molecule has 0 fully saturated rings. The van der Waals surface area contributed by atoms with Crippen molar-refractivity contribution in [3.05, 3.63) is 33.8 Å². The maximum atomic E-state index is 12.9. The lowest BCUT2D eigenvalue weighted by atomic mass is 10.1. The maximum absolute atomic E-state index is 12.9. The summed E-state index contributed by atoms with van der Waals surface area (Å²) in [6.07, 6.45) is -3.77. The topological polar surface area (TPSA) is 128 Å². The molecule has 3 N–H and O–H groups in total. The van der Waals surface area contributed by atoms with E-state index >= 15 is 0 Å². The summed E-state index contributed by atoms with van der Waals surface area (Å²) in [4.78, 5) is 34.8. The Morgan fingerprint density at radius 3 is 2.57 bits per heavy atom. The van der Waals surface area contributed by atoms with Crippen LogP contribution < -0.4 is 11.1 Å². The highest BCUT2D eigenvalue weighted by Crippen LogP contribution is 2.27. The van der Waals surface area contributed by atoms with Crippen LogP contribution in [-0.4, -0.2) is 36.4 Å². The Balaban J connectivity index is 1.68. The van der Waals surface area contributed by atoms with Crippen molar-refractivity contribution in [1.82, 2.24) is 24.6 Å². The predicted octanol–water partition coefficient (Wildman–Crippen LogP) is 2.21. The van der Waals surface area contributed by atoms with E-state index in [0.717, 1.165) is 4.52 Å². The van der Waals surface area contributed by atoms with Crippen LogP contribution in [-0.2, 0) is 28.6 Å². The number of carbonyl (C=O) groups excluding carboxylic acids is 2. The van der Waals surface area contributed by atoms with E-state index < -0.39 is 17.9 Å². The molecule has 3 rings (SSSR count). The van der Waals surface area contributed by atoms with E-state index in [1.807, 2.05) is 0 Å². The second-order valence-corrected chi connectivity index (χ2v) is 7.42. The van der Waals surface area contributed by atoms with Gasteiger partial charge in [0.25, 0.3) is 11.6 Å². The standard InChI is InChI=1S/C17H18F3N7O2S/c1-8-11(9(2)27-15(22-8)25-14(26-27)17(18,19)20)4-6-13(29)24-16-23-10(7-30-16)3-5-12(21)28/h7H,3-6H2,1-2H3,(H2,21,28)(H,23,24,29). The Bertz CT molecular complexity index is 1110. The zero-order valence-corrected chi connectivity index (χ0v) is 16.9. The number of halogens is 3. The van der Waals surface area contributed by atoms with Crippen LogP contribution in [0.2, 0.25) is 0 Å². The molecule has 0 aliphatic rings. The van der Waals surface area contributed by atoms with Gasteiger partial charge in [0.1, 0.15) is 0 Å². The zero-order chi connectivity index (χ0) is 22.1. The van der Waals surface area contributed by atoms with E-state index in [-0.39, 0.29) is 30.9 Å². The molecular weight excluding hydrogens is 423 g/mol. The Hall–Kier alpha value is -3.09. The summed E-state index contributed by atoms with van der Waals surface area (Å²) in [5.41, 5.74) is 7.30. The van der Waals surface area contributed by atoms with Crippen molar-refractivity contribution in [3.8, 4) is 0 Å². The van der Waals surface area contributed by atoms with Gasteiger partial charge in [-0.05, 0) is 32.3 Å². The average Bonchev–Trinajstić information content (AvgIpc) is 3.26. The molecule has 0 saturated carbocycles. The highest BCUT2D eigenvalue weighted by Gasteiger charge is 2.37. The van der Waals surface area contributed by atoms with Crippen LogP contribution in [0.1, 0.15) is 41.3 Å². The van der Waals surface area contributed by atoms with Crippen molar-refractivity contribution in [1.29, 1.82) is 0 Å². The number of amides is 2. The van der Waals surface area contributed by atoms with Crippen LogP contribution >= 0.6 is 11.3 Å². The molecule has 3 aromatic heterocycles. The lowest BCUT2D eigenvalue weighted by Gasteiger charge is -2.10. The van der Waals surface area contributed by atoms with Crippen molar-refractivity contribution >= 4 is 34.1 Å². The van der Waals surface area contributed by atoms with Crippen LogP contribution in [0.15, 0.2) is 5.38 Å². The number of rotatable bonds is 7. The number of hydrogen-bond acceptors (Lipinski definition) is 7. The van der Waals surface area contributed by atoms with Gasteiger partial charge in [-0.3, -0.25) is 9.59 Å². The molecular formula is C17H18F3N7O2S. The van der Waals surface area contributed by atoms with Crippen molar-refractivity contribution in [2.45, 2.75) is 45.7 Å². The number of nitrogens with two attached hydrogens (primary N) is 1. The Labute approximate surface area is 172 Å². The summed E-state index contributed by atoms with van der Waals surface area (Å²) in [7, 11) is 0. The molecule has 3 heterocycles. The van der Waals surface area contributed by atoms with Gasteiger partial charge >= 0.3 is 6.18 Å². The van der Waals surface area contributed by atoms with E-state index in [1.54, 1.807) is 19.2 Å². The molecule has 0 atom stereocenters. The molecule has 0 unspecified atom stereocenters. The van der Waals surface area contributed by atoms with Crippen molar-refractivity contribution in [3.63, 3.8) is 0 Å². The lowest BCUT2D eigenvalue weighted by Crippen LogP contribution is -2.14. The predicted molar refractivity (Wildman–Crippen MR) is 102 cm³/mol. The fourth-order valence-electron chi connectivity index (χ4n) is 2.84. The molecule has 0 radical (unpaired) electrons. The van der Waals surface area contributed by atoms with E-state index in [0.29, 0.717) is 34.2 Å². The third-order valence-corrected chi connectivity index (χ3v) is 5.14. The first-order chi connectivity index (χ1) is 14.0. The van der Waals surface area contributed by atoms with Crippen molar-refractivity contribution in [2.24, 2.45) is 5.73 Å². The summed E-state index contributed by atoms with van der Waals surface area (Å²) >= 11 is 1.23. The molecule has 0 aliphatic heterocycles. The summed E-state index contributed by atoms with van der Waals surface area (Å²) in [5.74, 6) is -2.14. The highest BCUT2D eigenvalue weighted by molar-refractivity contribution is 7.13. The lowest BCUT2D eigenvalue weighted by molar-refractivity contribution is -0.144. The number of anilines is 1. The fraction of sp³-hybridized carbons (Fsp3) is 0.412. The van der Waals surface area contributed by atoms with Crippen LogP contribution in [0.3, 0.4) is 0 Å². The molecule has 0 saturated heterocycles. The molecule has 0 bridgehead atoms. The van der Waals surface area contributed by atoms with E-state index in [4.69, 9.17) is 5.73 Å². The van der Waals surface area contributed by atoms with Gasteiger partial charge in [-0.1, -0.05) is 0 Å². The maximum Gasteiger partial charge on any atom is 0.453 e. The normalized spacial score (nSPS) is 11.8. The minimum absolute atomic E-state index is 0.0753. The van der Waals surface area contributed by atoms with Gasteiger partial charge in [0.2, 0.25) is 11.8 Å². The summed E-state index contributed by atoms with van der Waals surface area (Å²) in [5, 5.41) is 8.28. The third kappa shape index (κ3) is 4.90. The Kier molecular flexibility index (Phi) is 6.01. The summed E-state index contributed by atoms with van der Waals surface area (Å²) in [6, 6.07) is 0. The smallest absolute Gasteiger partial charge is 0.370 e. The largest absolute Gasteiger partial charge is 0.453 e. The quantitative estimate of drug-likeness (QED) is 0.579. The second kappa shape index (κ2) is 8.34. The van der Waals surface area contributed by atoms with Crippen molar-refractivity contribution in [2.75, 3.05) is 5.32 Å². The molecule has 160 valence electrons. The first kappa shape index (κ1) is 21.6. The van der Waals surface area contributed by atoms with Gasteiger partial charge in [0.15, 0.2) is 5.13 Å². The molecule has 30 heavy (non-hydrogen) atoms. The van der Waals surface area contributed by atoms with E-state index in [9.17, 15) is 22.8 Å². The van der Waals surface area contributed by atoms with Gasteiger partial charge in [-0.15, -0.1) is 16.4 Å². The molecule has 2 amide bonds. The second-order valence-electron chi connectivity index (χ2n) is 6.56. The number of nitrogens with one attached hydrogen (secondary N) is 1. The molecule has 0 aliphatic carbocycles. The number of fused-ring (bicyclic) bond motifs is 1. The van der Waals surface area contributed by atoms with Gasteiger partial charge in [-0.25, -0.2) is 14.5 Å². The first-order valence-corrected chi connectivity index (χ1v) is 9.75. The number of thiazole rings is 1. The Morgan fingerprint density at radius 1 is 1.17 bits per heavy atom. The van der Waals surface area contributed by atoms with Gasteiger partial charge < -0.3 is 11.1 Å². The molecule has 9 nitrogen and oxygen atoms in total. The number of aryl methyl sites for hydroxylation is 3. The van der Waals surface area contributed by atoms with Gasteiger partial charge in [0.05, 0.1) is 5.69 Å². The fourth-order valence-corrected chi connectivity index (χ4v) is 3.60. The number of primary amides is 1. The van der Waals surface area contributed by atoms with Crippen LogP contribution in [0, 0.1) is 13.8 Å². The SMILES string of the molecule is Cc1nc2nc(C(F)(F)F)nn2c(C)c1CCC(=O)Nc1nc(CCC(N)=O)cs1. The molecule has 13 heteroatoms. The van der Waals surface area contributed by atoms with Crippen molar-refractivity contribution < 1.29 is 22.8 Å². The highest BCUT2D eigenvalue weighted by atomic mass is 32.1. The van der Waals surface area contributed by atoms with Crippen LogP contribution in [0.25, 0.3) is 5.78 Å². The number of alkyl halides is 3.